The van der Waals surface area contributed by atoms with Crippen LogP contribution in [0.5, 0.6) is 0 Å². The summed E-state index contributed by atoms with van der Waals surface area (Å²) in [6, 6.07) is 13.1. The lowest BCUT2D eigenvalue weighted by Gasteiger charge is -2.31. The number of phosphoric ester groups is 2. The monoisotopic (exact) mass is 889 g/mol. The summed E-state index contributed by atoms with van der Waals surface area (Å²) in [4.78, 5) is 51.5. The normalized spacial score (nSPS) is 28.9. The van der Waals surface area contributed by atoms with Crippen molar-refractivity contribution in [3.8, 4) is 11.3 Å². The molecule has 8 N–H and O–H groups in total. The van der Waals surface area contributed by atoms with Crippen molar-refractivity contribution in [3.63, 3.8) is 0 Å². The Labute approximate surface area is 344 Å². The quantitative estimate of drug-likeness (QED) is 0.0640. The van der Waals surface area contributed by atoms with E-state index in [9.17, 15) is 48.5 Å². The molecule has 1 amide bonds. The molecule has 0 saturated carbocycles. The van der Waals surface area contributed by atoms with E-state index in [1.54, 1.807) is 59.9 Å². The van der Waals surface area contributed by atoms with Gasteiger partial charge >= 0.3 is 15.6 Å². The van der Waals surface area contributed by atoms with Crippen LogP contribution >= 0.6 is 15.6 Å². The fourth-order valence-corrected chi connectivity index (χ4v) is 9.49. The van der Waals surface area contributed by atoms with Crippen LogP contribution in [0.2, 0.25) is 0 Å². The Morgan fingerprint density at radius 1 is 0.852 bits per heavy atom. The Hall–Kier alpha value is -4.71. The van der Waals surface area contributed by atoms with Crippen LogP contribution < -0.4 is 15.2 Å². The number of halogens is 1. The number of amides is 1. The van der Waals surface area contributed by atoms with Gasteiger partial charge in [0.2, 0.25) is 5.91 Å². The number of pyridine rings is 2. The van der Waals surface area contributed by atoms with E-state index in [1.807, 2.05) is 0 Å². The van der Waals surface area contributed by atoms with E-state index in [0.717, 1.165) is 11.9 Å². The SMILES string of the molecule is Nc1ncnc2c1ncn2[C@@H]1O[C@H](COP(=O)(O)OP(=O)(O)OC[C@H]2O[C@@H]([n+]3ccc(-c4ccc(N5CC[C@H](c6ccc(F)cc6)CC5=O)cn4)cc3)[C@H](O)[C@@H]2O)[C@@H](O)[C@H]1O. The van der Waals surface area contributed by atoms with Crippen LogP contribution in [-0.2, 0) is 36.8 Å². The van der Waals surface area contributed by atoms with Crippen molar-refractivity contribution in [2.45, 2.75) is 67.8 Å². The zero-order chi connectivity index (χ0) is 43.2. The molecular weight excluding hydrogens is 849 g/mol. The highest BCUT2D eigenvalue weighted by Gasteiger charge is 2.50. The van der Waals surface area contributed by atoms with E-state index < -0.39 is 77.9 Å². The third-order valence-corrected chi connectivity index (χ3v) is 13.2. The number of carbonyl (C=O) groups excluding carboxylic acids is 1. The van der Waals surface area contributed by atoms with Crippen molar-refractivity contribution in [1.29, 1.82) is 0 Å². The number of nitrogens with two attached hydrogens (primary N) is 1. The number of phosphoric acid groups is 2. The number of nitrogens with zero attached hydrogens (tertiary/aromatic N) is 7. The van der Waals surface area contributed by atoms with Crippen molar-refractivity contribution in [1.82, 2.24) is 24.5 Å². The summed E-state index contributed by atoms with van der Waals surface area (Å²) in [5, 5.41) is 42.6. The van der Waals surface area contributed by atoms with E-state index in [0.29, 0.717) is 29.9 Å². The number of carbonyl (C=O) groups is 1. The summed E-state index contributed by atoms with van der Waals surface area (Å²) >= 11 is 0. The number of aromatic nitrogens is 6. The minimum absolute atomic E-state index is 0.000727. The summed E-state index contributed by atoms with van der Waals surface area (Å²) < 4.78 is 66.7. The lowest BCUT2D eigenvalue weighted by Crippen LogP contribution is -2.45. The number of anilines is 2. The predicted octanol–water partition coefficient (Wildman–Crippen LogP) is 0.997. The maximum atomic E-state index is 13.4. The zero-order valence-corrected chi connectivity index (χ0v) is 33.5. The molecule has 1 aromatic carbocycles. The lowest BCUT2D eigenvalue weighted by molar-refractivity contribution is -0.765. The predicted molar refractivity (Wildman–Crippen MR) is 205 cm³/mol. The van der Waals surface area contributed by atoms with Gasteiger partial charge in [-0.3, -0.25) is 23.4 Å². The Morgan fingerprint density at radius 3 is 2.18 bits per heavy atom. The second-order valence-electron chi connectivity index (χ2n) is 14.5. The summed E-state index contributed by atoms with van der Waals surface area (Å²) in [6.45, 7) is -1.30. The molecular formula is C36H40FN8O14P2+. The van der Waals surface area contributed by atoms with Crippen LogP contribution in [0.15, 0.2) is 79.8 Å². The van der Waals surface area contributed by atoms with E-state index >= 15 is 0 Å². The first-order valence-corrected chi connectivity index (χ1v) is 21.7. The van der Waals surface area contributed by atoms with Gasteiger partial charge in [-0.25, -0.2) is 28.5 Å². The third kappa shape index (κ3) is 9.11. The van der Waals surface area contributed by atoms with E-state index in [2.05, 4.69) is 24.2 Å². The smallest absolute Gasteiger partial charge is 0.387 e. The summed E-state index contributed by atoms with van der Waals surface area (Å²) in [5.41, 5.74) is 8.94. The molecule has 0 radical (unpaired) electrons. The van der Waals surface area contributed by atoms with Crippen molar-refractivity contribution in [3.05, 3.63) is 91.2 Å². The van der Waals surface area contributed by atoms with Crippen LogP contribution in [-0.4, -0.2) is 117 Å². The molecule has 61 heavy (non-hydrogen) atoms. The Balaban J connectivity index is 0.819. The number of ether oxygens (including phenoxy) is 2. The molecule has 0 spiro atoms. The first kappa shape index (κ1) is 43.0. The minimum Gasteiger partial charge on any atom is -0.387 e. The van der Waals surface area contributed by atoms with Gasteiger partial charge in [-0.1, -0.05) is 12.1 Å². The molecule has 7 heterocycles. The second kappa shape index (κ2) is 17.2. The fraction of sp³-hybridized carbons (Fsp3) is 0.389. The molecule has 4 aromatic heterocycles. The average Bonchev–Trinajstić information content (AvgIpc) is 3.89. The largest absolute Gasteiger partial charge is 0.481 e. The summed E-state index contributed by atoms with van der Waals surface area (Å²) in [6.07, 6.45) is -3.70. The number of aliphatic hydroxyl groups is 4. The molecule has 3 fully saturated rings. The second-order valence-corrected chi connectivity index (χ2v) is 17.6. The zero-order valence-electron chi connectivity index (χ0n) is 31.7. The van der Waals surface area contributed by atoms with Gasteiger partial charge in [0, 0.05) is 30.7 Å². The Morgan fingerprint density at radius 2 is 1.52 bits per heavy atom. The highest BCUT2D eigenvalue weighted by atomic mass is 31.3. The number of hydrogen-bond donors (Lipinski definition) is 7. The van der Waals surface area contributed by atoms with E-state index in [4.69, 9.17) is 24.3 Å². The topological polar surface area (TPSA) is 308 Å². The molecule has 3 saturated heterocycles. The Bertz CT molecular complexity index is 2470. The highest BCUT2D eigenvalue weighted by Crippen LogP contribution is 2.61. The fourth-order valence-electron chi connectivity index (χ4n) is 7.40. The van der Waals surface area contributed by atoms with Crippen molar-refractivity contribution < 1.29 is 75.9 Å². The van der Waals surface area contributed by atoms with Crippen LogP contribution in [0.4, 0.5) is 15.9 Å². The number of rotatable bonds is 13. The molecule has 0 bridgehead atoms. The minimum atomic E-state index is -5.40. The van der Waals surface area contributed by atoms with E-state index in [1.165, 1.54) is 27.6 Å². The molecule has 22 nitrogen and oxygen atoms in total. The van der Waals surface area contributed by atoms with Gasteiger partial charge in [-0.05, 0) is 42.2 Å². The van der Waals surface area contributed by atoms with Crippen LogP contribution in [0, 0.1) is 5.82 Å². The average molecular weight is 890 g/mol. The number of fused-ring (bicyclic) bond motifs is 1. The molecule has 11 atom stereocenters. The van der Waals surface area contributed by atoms with Gasteiger partial charge in [0.05, 0.1) is 37.1 Å². The summed E-state index contributed by atoms with van der Waals surface area (Å²) in [7, 11) is -10.8. The van der Waals surface area contributed by atoms with E-state index in [-0.39, 0.29) is 41.0 Å². The maximum absolute atomic E-state index is 13.4. The van der Waals surface area contributed by atoms with Gasteiger partial charge in [-0.2, -0.15) is 8.88 Å². The van der Waals surface area contributed by atoms with Crippen LogP contribution in [0.25, 0.3) is 22.4 Å². The van der Waals surface area contributed by atoms with Crippen LogP contribution in [0.3, 0.4) is 0 Å². The number of nitrogen functional groups attached to an aromatic ring is 1. The molecule has 324 valence electrons. The molecule has 25 heteroatoms. The molecule has 3 aliphatic heterocycles. The van der Waals surface area contributed by atoms with Gasteiger partial charge in [-0.15, -0.1) is 0 Å². The number of benzene rings is 1. The van der Waals surface area contributed by atoms with Crippen molar-refractivity contribution >= 4 is 44.2 Å². The van der Waals surface area contributed by atoms with Crippen LogP contribution in [0.1, 0.15) is 36.8 Å². The summed E-state index contributed by atoms with van der Waals surface area (Å²) in [5.74, 6) is -0.350. The number of imidazole rings is 1. The van der Waals surface area contributed by atoms with Gasteiger partial charge in [0.1, 0.15) is 48.2 Å². The van der Waals surface area contributed by atoms with Gasteiger partial charge in [0.25, 0.3) is 6.23 Å². The molecule has 5 aromatic rings. The van der Waals surface area contributed by atoms with Crippen molar-refractivity contribution in [2.24, 2.45) is 0 Å². The number of piperidine rings is 1. The first-order chi connectivity index (χ1) is 29.1. The highest BCUT2D eigenvalue weighted by molar-refractivity contribution is 7.61. The molecule has 2 unspecified atom stereocenters. The standard InChI is InChI=1S/C36H39FN8O14P2/c37-22-3-1-19(2-4-22)21-9-12-44(27(46)13-21)23-5-6-24(39-14-23)20-7-10-43(11-8-20)35-31(49)29(47)25(57-35)15-55-60(51,52)59-61(53,54)56-16-26-30(48)32(50)36(58-26)45-18-42-28-33(38)40-17-41-34(28)45/h1-8,10-11,14,17-18,21,25-26,29-32,35-36,47-50H,9,12-13,15-16H2,(H3-,38,40,41,51,52,53,54)/p+1/t21-,25+,26+,29+,30+,31+,32+,35+,36+/m0/s1. The first-order valence-electron chi connectivity index (χ1n) is 18.7. The Kier molecular flexibility index (Phi) is 12.1. The molecule has 8 rings (SSSR count). The number of hydrogen-bond acceptors (Lipinski definition) is 17. The third-order valence-electron chi connectivity index (χ3n) is 10.6. The lowest BCUT2D eigenvalue weighted by atomic mass is 9.89. The molecule has 3 aliphatic rings. The van der Waals surface area contributed by atoms with Gasteiger partial charge < -0.3 is 50.3 Å². The maximum Gasteiger partial charge on any atom is 0.481 e. The van der Waals surface area contributed by atoms with Gasteiger partial charge in [0.15, 0.2) is 36.2 Å². The van der Waals surface area contributed by atoms with Crippen molar-refractivity contribution in [2.75, 3.05) is 30.4 Å². The molecule has 0 aliphatic carbocycles. The number of aliphatic hydroxyl groups excluding tert-OH is 4.